The van der Waals surface area contributed by atoms with Crippen molar-refractivity contribution in [1.82, 2.24) is 29.8 Å². The molecule has 0 N–H and O–H groups in total. The molecule has 2 aliphatic rings. The number of nitrogens with zero attached hydrogens (tertiary/aromatic N) is 7. The van der Waals surface area contributed by atoms with E-state index in [0.29, 0.717) is 24.8 Å². The van der Waals surface area contributed by atoms with Gasteiger partial charge in [-0.05, 0) is 37.8 Å². The molecule has 0 atom stereocenters. The molecule has 1 aliphatic carbocycles. The summed E-state index contributed by atoms with van der Waals surface area (Å²) < 4.78 is 40.5. The molecule has 10 heteroatoms. The van der Waals surface area contributed by atoms with Gasteiger partial charge in [-0.3, -0.25) is 0 Å². The van der Waals surface area contributed by atoms with E-state index in [1.165, 1.54) is 12.8 Å². The zero-order chi connectivity index (χ0) is 19.3. The van der Waals surface area contributed by atoms with Crippen molar-refractivity contribution in [2.75, 3.05) is 18.0 Å². The van der Waals surface area contributed by atoms with E-state index in [4.69, 9.17) is 5.10 Å². The summed E-state index contributed by atoms with van der Waals surface area (Å²) in [6.45, 7) is 1.19. The molecule has 1 saturated carbocycles. The second-order valence-electron chi connectivity index (χ2n) is 7.38. The van der Waals surface area contributed by atoms with Gasteiger partial charge >= 0.3 is 6.18 Å². The number of aromatic nitrogens is 6. The molecule has 0 bridgehead atoms. The Hall–Kier alpha value is -2.78. The lowest BCUT2D eigenvalue weighted by atomic mass is 9.96. The Balaban J connectivity index is 1.34. The maximum absolute atomic E-state index is 12.9. The molecule has 7 nitrogen and oxygen atoms in total. The molecule has 0 aromatic carbocycles. The summed E-state index contributed by atoms with van der Waals surface area (Å²) in [5.41, 5.74) is 0.888. The average Bonchev–Trinajstić information content (AvgIpc) is 3.47. The Morgan fingerprint density at radius 3 is 2.43 bits per heavy atom. The average molecular weight is 389 g/mol. The van der Waals surface area contributed by atoms with Crippen molar-refractivity contribution in [2.45, 2.75) is 43.7 Å². The van der Waals surface area contributed by atoms with E-state index in [0.717, 1.165) is 42.4 Å². The first kappa shape index (κ1) is 17.3. The Bertz CT molecular complexity index is 1000. The second-order valence-corrected chi connectivity index (χ2v) is 7.38. The van der Waals surface area contributed by atoms with Gasteiger partial charge in [-0.2, -0.15) is 22.8 Å². The van der Waals surface area contributed by atoms with Crippen LogP contribution in [0.1, 0.15) is 54.7 Å². The third kappa shape index (κ3) is 3.16. The van der Waals surface area contributed by atoms with E-state index in [-0.39, 0.29) is 5.92 Å². The zero-order valence-corrected chi connectivity index (χ0v) is 15.0. The molecule has 0 radical (unpaired) electrons. The highest BCUT2D eigenvalue weighted by molar-refractivity contribution is 5.41. The van der Waals surface area contributed by atoms with Gasteiger partial charge in [0.15, 0.2) is 11.5 Å². The predicted octanol–water partition coefficient (Wildman–Crippen LogP) is 3.19. The third-order valence-electron chi connectivity index (χ3n) is 5.43. The van der Waals surface area contributed by atoms with Gasteiger partial charge in [0.05, 0.1) is 5.69 Å². The Morgan fingerprint density at radius 1 is 0.929 bits per heavy atom. The summed E-state index contributed by atoms with van der Waals surface area (Å²) in [6.07, 6.45) is 0.352. The second kappa shape index (κ2) is 6.39. The van der Waals surface area contributed by atoms with Crippen molar-refractivity contribution < 1.29 is 13.2 Å². The maximum atomic E-state index is 12.9. The van der Waals surface area contributed by atoms with Crippen LogP contribution in [0, 0.1) is 0 Å². The first-order valence-corrected chi connectivity index (χ1v) is 9.35. The van der Waals surface area contributed by atoms with Gasteiger partial charge < -0.3 is 4.90 Å². The Kier molecular flexibility index (Phi) is 3.95. The smallest absolute Gasteiger partial charge is 0.356 e. The van der Waals surface area contributed by atoms with Crippen LogP contribution in [0.2, 0.25) is 0 Å². The zero-order valence-electron chi connectivity index (χ0n) is 15.0. The Morgan fingerprint density at radius 2 is 1.71 bits per heavy atom. The highest BCUT2D eigenvalue weighted by Gasteiger charge is 2.34. The number of alkyl halides is 3. The number of rotatable bonds is 3. The number of fused-ring (bicyclic) bond motifs is 1. The van der Waals surface area contributed by atoms with E-state index in [2.05, 4.69) is 20.2 Å². The quantitative estimate of drug-likeness (QED) is 0.685. The number of anilines is 1. The molecule has 0 spiro atoms. The van der Waals surface area contributed by atoms with Crippen LogP contribution in [0.3, 0.4) is 0 Å². The van der Waals surface area contributed by atoms with Gasteiger partial charge in [-0.25, -0.2) is 9.97 Å². The molecule has 2 fully saturated rings. The molecule has 0 unspecified atom stereocenters. The van der Waals surface area contributed by atoms with Crippen LogP contribution in [0.5, 0.6) is 0 Å². The van der Waals surface area contributed by atoms with Crippen LogP contribution in [0.25, 0.3) is 5.65 Å². The van der Waals surface area contributed by atoms with E-state index < -0.39 is 11.9 Å². The molecule has 28 heavy (non-hydrogen) atoms. The molecule has 4 heterocycles. The van der Waals surface area contributed by atoms with E-state index in [9.17, 15) is 13.2 Å². The molecule has 5 rings (SSSR count). The highest BCUT2D eigenvalue weighted by atomic mass is 19.4. The van der Waals surface area contributed by atoms with Crippen molar-refractivity contribution in [3.63, 3.8) is 0 Å². The van der Waals surface area contributed by atoms with Gasteiger partial charge in [0.25, 0.3) is 0 Å². The van der Waals surface area contributed by atoms with Crippen molar-refractivity contribution in [3.8, 4) is 0 Å². The van der Waals surface area contributed by atoms with Crippen LogP contribution in [-0.2, 0) is 6.18 Å². The molecular formula is C18H18F3N7. The third-order valence-corrected chi connectivity index (χ3v) is 5.43. The highest BCUT2D eigenvalue weighted by Crippen LogP contribution is 2.39. The van der Waals surface area contributed by atoms with E-state index in [1.807, 2.05) is 21.5 Å². The first-order chi connectivity index (χ1) is 13.5. The summed E-state index contributed by atoms with van der Waals surface area (Å²) in [4.78, 5) is 9.21. The van der Waals surface area contributed by atoms with E-state index in [1.54, 1.807) is 0 Å². The van der Waals surface area contributed by atoms with Gasteiger partial charge in [-0.15, -0.1) is 10.2 Å². The van der Waals surface area contributed by atoms with Crippen molar-refractivity contribution >= 4 is 11.5 Å². The molecule has 1 aliphatic heterocycles. The van der Waals surface area contributed by atoms with Crippen molar-refractivity contribution in [2.24, 2.45) is 0 Å². The normalized spacial score (nSPS) is 18.8. The lowest BCUT2D eigenvalue weighted by molar-refractivity contribution is -0.141. The molecule has 146 valence electrons. The Labute approximate surface area is 158 Å². The van der Waals surface area contributed by atoms with Crippen LogP contribution in [0.15, 0.2) is 24.5 Å². The minimum Gasteiger partial charge on any atom is -0.356 e. The molecule has 0 amide bonds. The molecule has 3 aromatic rings. The largest absolute Gasteiger partial charge is 0.433 e. The maximum Gasteiger partial charge on any atom is 0.433 e. The van der Waals surface area contributed by atoms with Gasteiger partial charge in [0.2, 0.25) is 0 Å². The van der Waals surface area contributed by atoms with Gasteiger partial charge in [0, 0.05) is 31.0 Å². The van der Waals surface area contributed by atoms with Gasteiger partial charge in [-0.1, -0.05) is 0 Å². The number of hydrogen-bond acceptors (Lipinski definition) is 6. The fourth-order valence-electron chi connectivity index (χ4n) is 3.71. The standard InChI is InChI=1S/C18H18F3N7/c19-18(20,21)14-9-16(23-10-22-14)27-7-5-12(6-8-27)17-25-24-15-4-3-13(11-1-2-11)26-28(15)17/h3-4,9-12H,1-2,5-8H2. The summed E-state index contributed by atoms with van der Waals surface area (Å²) >= 11 is 0. The van der Waals surface area contributed by atoms with Crippen LogP contribution >= 0.6 is 0 Å². The van der Waals surface area contributed by atoms with Gasteiger partial charge in [0.1, 0.15) is 17.8 Å². The molecule has 3 aromatic heterocycles. The van der Waals surface area contributed by atoms with Crippen molar-refractivity contribution in [1.29, 1.82) is 0 Å². The summed E-state index contributed by atoms with van der Waals surface area (Å²) in [6, 6.07) is 4.98. The fourth-order valence-corrected chi connectivity index (χ4v) is 3.71. The molecule has 1 saturated heterocycles. The number of piperidine rings is 1. The predicted molar refractivity (Wildman–Crippen MR) is 94.0 cm³/mol. The summed E-state index contributed by atoms with van der Waals surface area (Å²) in [7, 11) is 0. The van der Waals surface area contributed by atoms with Crippen molar-refractivity contribution in [3.05, 3.63) is 41.7 Å². The minimum absolute atomic E-state index is 0.164. The number of halogens is 3. The van der Waals surface area contributed by atoms with Crippen LogP contribution < -0.4 is 4.90 Å². The number of hydrogen-bond donors (Lipinski definition) is 0. The lowest BCUT2D eigenvalue weighted by Gasteiger charge is -2.32. The fraction of sp³-hybridized carbons (Fsp3) is 0.500. The topological polar surface area (TPSA) is 72.1 Å². The SMILES string of the molecule is FC(F)(F)c1cc(N2CCC(c3nnc4ccc(C5CC5)nn34)CC2)ncn1. The minimum atomic E-state index is -4.47. The van der Waals surface area contributed by atoms with Crippen LogP contribution in [0.4, 0.5) is 19.0 Å². The molecular weight excluding hydrogens is 371 g/mol. The van der Waals surface area contributed by atoms with Crippen LogP contribution in [-0.4, -0.2) is 42.9 Å². The summed E-state index contributed by atoms with van der Waals surface area (Å²) in [5, 5.41) is 13.3. The van der Waals surface area contributed by atoms with E-state index >= 15 is 0 Å². The first-order valence-electron chi connectivity index (χ1n) is 9.35. The lowest BCUT2D eigenvalue weighted by Crippen LogP contribution is -2.34. The monoisotopic (exact) mass is 389 g/mol. The summed E-state index contributed by atoms with van der Waals surface area (Å²) in [5.74, 6) is 1.84.